The molecule has 27 heavy (non-hydrogen) atoms. The molecule has 1 aromatic heterocycles. The number of ketones is 1. The zero-order chi connectivity index (χ0) is 19.6. The first kappa shape index (κ1) is 19.0. The molecule has 6 nitrogen and oxygen atoms in total. The number of fused-ring (bicyclic) bond motifs is 1. The summed E-state index contributed by atoms with van der Waals surface area (Å²) in [6.45, 7) is 6.32. The highest BCUT2D eigenvalue weighted by Crippen LogP contribution is 2.38. The van der Waals surface area contributed by atoms with Crippen molar-refractivity contribution in [2.24, 2.45) is 0 Å². The number of H-pyrrole nitrogens is 1. The zero-order valence-electron chi connectivity index (χ0n) is 16.2. The van der Waals surface area contributed by atoms with Gasteiger partial charge in [-0.05, 0) is 56.4 Å². The van der Waals surface area contributed by atoms with E-state index in [1.807, 2.05) is 25.1 Å². The molecule has 1 aliphatic carbocycles. The number of carbonyl (C=O) groups is 2. The van der Waals surface area contributed by atoms with Crippen LogP contribution in [0.3, 0.4) is 0 Å². The van der Waals surface area contributed by atoms with Gasteiger partial charge in [-0.1, -0.05) is 6.07 Å². The third-order valence-electron chi connectivity index (χ3n) is 4.93. The number of methoxy groups -OCH3 is 1. The molecule has 0 amide bonds. The Bertz CT molecular complexity index is 868. The van der Waals surface area contributed by atoms with E-state index in [0.29, 0.717) is 54.4 Å². The number of nitrogens with one attached hydrogen (secondary N) is 1. The van der Waals surface area contributed by atoms with Crippen LogP contribution < -0.4 is 9.47 Å². The van der Waals surface area contributed by atoms with Crippen molar-refractivity contribution in [2.75, 3.05) is 20.3 Å². The number of Topliss-reactive ketones (excluding diaryl/α,β-unsaturated/α-hetero) is 1. The van der Waals surface area contributed by atoms with Gasteiger partial charge in [0, 0.05) is 17.7 Å². The Morgan fingerprint density at radius 3 is 2.63 bits per heavy atom. The maximum Gasteiger partial charge on any atom is 0.355 e. The van der Waals surface area contributed by atoms with E-state index >= 15 is 0 Å². The minimum Gasteiger partial charge on any atom is -0.493 e. The smallest absolute Gasteiger partial charge is 0.355 e. The fourth-order valence-corrected chi connectivity index (χ4v) is 3.69. The molecule has 0 saturated carbocycles. The van der Waals surface area contributed by atoms with Gasteiger partial charge in [-0.15, -0.1) is 0 Å². The third-order valence-corrected chi connectivity index (χ3v) is 4.93. The number of aromatic amines is 1. The Morgan fingerprint density at radius 1 is 1.19 bits per heavy atom. The molecular formula is C21H25NO5. The maximum atomic E-state index is 12.8. The van der Waals surface area contributed by atoms with Crippen molar-refractivity contribution in [3.05, 3.63) is 46.3 Å². The molecule has 3 rings (SSSR count). The number of hydrogen-bond donors (Lipinski definition) is 1. The topological polar surface area (TPSA) is 77.6 Å². The van der Waals surface area contributed by atoms with Crippen LogP contribution in [-0.4, -0.2) is 37.1 Å². The van der Waals surface area contributed by atoms with Crippen LogP contribution in [0.2, 0.25) is 0 Å². The number of esters is 1. The molecule has 1 unspecified atom stereocenters. The minimum absolute atomic E-state index is 0.0164. The van der Waals surface area contributed by atoms with Crippen molar-refractivity contribution >= 4 is 11.8 Å². The molecule has 1 aromatic carbocycles. The monoisotopic (exact) mass is 371 g/mol. The molecule has 0 saturated heterocycles. The highest BCUT2D eigenvalue weighted by atomic mass is 16.5. The van der Waals surface area contributed by atoms with Gasteiger partial charge in [-0.25, -0.2) is 4.79 Å². The predicted molar refractivity (Wildman–Crippen MR) is 101 cm³/mol. The van der Waals surface area contributed by atoms with Gasteiger partial charge in [0.2, 0.25) is 0 Å². The quantitative estimate of drug-likeness (QED) is 0.781. The number of rotatable bonds is 6. The first-order chi connectivity index (χ1) is 13.0. The highest BCUT2D eigenvalue weighted by molar-refractivity contribution is 6.03. The Kier molecular flexibility index (Phi) is 5.54. The number of aromatic nitrogens is 1. The zero-order valence-corrected chi connectivity index (χ0v) is 16.2. The molecule has 1 aliphatic rings. The number of ether oxygens (including phenoxy) is 3. The van der Waals surface area contributed by atoms with Crippen LogP contribution in [0, 0.1) is 6.92 Å². The van der Waals surface area contributed by atoms with Crippen molar-refractivity contribution in [2.45, 2.75) is 39.5 Å². The summed E-state index contributed by atoms with van der Waals surface area (Å²) in [5, 5.41) is 0. The standard InChI is InChI=1S/C21H25NO5/c1-5-26-17-8-7-13(11-18(17)25-4)14-9-15-19(16(23)10-14)12(3)20(22-15)21(24)27-6-2/h7-8,11,14,22H,5-6,9-10H2,1-4H3. The van der Waals surface area contributed by atoms with E-state index in [0.717, 1.165) is 11.3 Å². The predicted octanol–water partition coefficient (Wildman–Crippen LogP) is 3.82. The second kappa shape index (κ2) is 7.86. The molecule has 0 radical (unpaired) electrons. The summed E-state index contributed by atoms with van der Waals surface area (Å²) in [6.07, 6.45) is 1.05. The Balaban J connectivity index is 1.92. The van der Waals surface area contributed by atoms with Gasteiger partial charge in [0.05, 0.1) is 20.3 Å². The van der Waals surface area contributed by atoms with Crippen LogP contribution in [0.4, 0.5) is 0 Å². The Labute approximate surface area is 158 Å². The van der Waals surface area contributed by atoms with Gasteiger partial charge in [0.25, 0.3) is 0 Å². The second-order valence-corrected chi connectivity index (χ2v) is 6.57. The fourth-order valence-electron chi connectivity index (χ4n) is 3.69. The Morgan fingerprint density at radius 2 is 1.96 bits per heavy atom. The highest BCUT2D eigenvalue weighted by Gasteiger charge is 2.32. The van der Waals surface area contributed by atoms with E-state index < -0.39 is 5.97 Å². The number of carbonyl (C=O) groups excluding carboxylic acids is 2. The van der Waals surface area contributed by atoms with E-state index in [4.69, 9.17) is 14.2 Å². The molecule has 1 heterocycles. The molecule has 1 atom stereocenters. The molecule has 2 aromatic rings. The van der Waals surface area contributed by atoms with Crippen LogP contribution in [0.15, 0.2) is 18.2 Å². The normalized spacial score (nSPS) is 16.0. The van der Waals surface area contributed by atoms with Gasteiger partial charge in [-0.2, -0.15) is 0 Å². The number of hydrogen-bond acceptors (Lipinski definition) is 5. The van der Waals surface area contributed by atoms with Crippen LogP contribution in [0.1, 0.15) is 63.9 Å². The van der Waals surface area contributed by atoms with Crippen molar-refractivity contribution in [1.82, 2.24) is 4.98 Å². The average Bonchev–Trinajstić information content (AvgIpc) is 2.99. The summed E-state index contributed by atoms with van der Waals surface area (Å²) in [6, 6.07) is 5.77. The van der Waals surface area contributed by atoms with E-state index in [1.54, 1.807) is 21.0 Å². The van der Waals surface area contributed by atoms with E-state index in [-0.39, 0.29) is 11.7 Å². The lowest BCUT2D eigenvalue weighted by Crippen LogP contribution is -2.18. The average molecular weight is 371 g/mol. The fraction of sp³-hybridized carbons (Fsp3) is 0.429. The summed E-state index contributed by atoms with van der Waals surface area (Å²) >= 11 is 0. The molecule has 0 fully saturated rings. The van der Waals surface area contributed by atoms with Crippen molar-refractivity contribution < 1.29 is 23.8 Å². The van der Waals surface area contributed by atoms with Crippen molar-refractivity contribution in [3.8, 4) is 11.5 Å². The van der Waals surface area contributed by atoms with E-state index in [2.05, 4.69) is 4.98 Å². The molecule has 144 valence electrons. The number of benzene rings is 1. The largest absolute Gasteiger partial charge is 0.493 e. The minimum atomic E-state index is -0.420. The van der Waals surface area contributed by atoms with Gasteiger partial charge in [-0.3, -0.25) is 4.79 Å². The molecule has 1 N–H and O–H groups in total. The molecule has 0 bridgehead atoms. The first-order valence-corrected chi connectivity index (χ1v) is 9.22. The molecule has 6 heteroatoms. The maximum absolute atomic E-state index is 12.8. The summed E-state index contributed by atoms with van der Waals surface area (Å²) in [4.78, 5) is 28.0. The van der Waals surface area contributed by atoms with Gasteiger partial charge < -0.3 is 19.2 Å². The second-order valence-electron chi connectivity index (χ2n) is 6.57. The molecule has 0 spiro atoms. The van der Waals surface area contributed by atoms with E-state index in [1.165, 1.54) is 0 Å². The lowest BCUT2D eigenvalue weighted by Gasteiger charge is -2.23. The first-order valence-electron chi connectivity index (χ1n) is 9.22. The van der Waals surface area contributed by atoms with Gasteiger partial charge in [0.15, 0.2) is 17.3 Å². The summed E-state index contributed by atoms with van der Waals surface area (Å²) in [5.41, 5.74) is 3.49. The van der Waals surface area contributed by atoms with Crippen LogP contribution in [0.25, 0.3) is 0 Å². The van der Waals surface area contributed by atoms with Crippen molar-refractivity contribution in [3.63, 3.8) is 0 Å². The van der Waals surface area contributed by atoms with Gasteiger partial charge in [0.1, 0.15) is 5.69 Å². The lowest BCUT2D eigenvalue weighted by molar-refractivity contribution is 0.0519. The SMILES string of the molecule is CCOC(=O)c1[nH]c2c(c1C)C(=O)CC(c1ccc(OCC)c(OC)c1)C2. The van der Waals surface area contributed by atoms with E-state index in [9.17, 15) is 9.59 Å². The summed E-state index contributed by atoms with van der Waals surface area (Å²) < 4.78 is 16.1. The third kappa shape index (κ3) is 3.56. The Hall–Kier alpha value is -2.76. The summed E-state index contributed by atoms with van der Waals surface area (Å²) in [7, 11) is 1.60. The van der Waals surface area contributed by atoms with Crippen molar-refractivity contribution in [1.29, 1.82) is 0 Å². The van der Waals surface area contributed by atoms with Crippen LogP contribution in [-0.2, 0) is 11.2 Å². The molecule has 0 aliphatic heterocycles. The summed E-state index contributed by atoms with van der Waals surface area (Å²) in [5.74, 6) is 0.979. The molecular weight excluding hydrogens is 346 g/mol. The van der Waals surface area contributed by atoms with Crippen LogP contribution >= 0.6 is 0 Å². The lowest BCUT2D eigenvalue weighted by atomic mass is 9.81. The van der Waals surface area contributed by atoms with Gasteiger partial charge >= 0.3 is 5.97 Å². The van der Waals surface area contributed by atoms with Crippen LogP contribution in [0.5, 0.6) is 11.5 Å².